The molecule has 1 fully saturated rings. The molecule has 0 aliphatic heterocycles. The zero-order valence-corrected chi connectivity index (χ0v) is 9.47. The zero-order chi connectivity index (χ0) is 11.8. The van der Waals surface area contributed by atoms with Crippen LogP contribution in [0.4, 0.5) is 8.78 Å². The normalized spacial score (nSPS) is 21.5. The van der Waals surface area contributed by atoms with Crippen molar-refractivity contribution in [2.75, 3.05) is 6.54 Å². The van der Waals surface area contributed by atoms with Gasteiger partial charge in [-0.2, -0.15) is 0 Å². The second kappa shape index (κ2) is 3.81. The molecule has 0 heterocycles. The maximum Gasteiger partial charge on any atom is 0.250 e. The fourth-order valence-electron chi connectivity index (χ4n) is 2.73. The summed E-state index contributed by atoms with van der Waals surface area (Å²) in [6.07, 6.45) is 0.657. The van der Waals surface area contributed by atoms with E-state index in [-0.39, 0.29) is 12.8 Å². The molecule has 0 unspecified atom stereocenters. The number of halogens is 2. The number of hydrogen-bond donors (Lipinski definition) is 1. The number of nitrogens with two attached hydrogens (primary N) is 1. The molecule has 0 bridgehead atoms. The highest BCUT2D eigenvalue weighted by Crippen LogP contribution is 2.53. The van der Waals surface area contributed by atoms with Crippen molar-refractivity contribution in [2.24, 2.45) is 5.73 Å². The first-order chi connectivity index (χ1) is 7.53. The first kappa shape index (κ1) is 11.5. The van der Waals surface area contributed by atoms with Crippen LogP contribution < -0.4 is 5.73 Å². The highest BCUT2D eigenvalue weighted by Gasteiger charge is 2.56. The monoisotopic (exact) mass is 225 g/mol. The van der Waals surface area contributed by atoms with Gasteiger partial charge in [0.15, 0.2) is 0 Å². The van der Waals surface area contributed by atoms with E-state index in [1.54, 1.807) is 0 Å². The van der Waals surface area contributed by atoms with Crippen molar-refractivity contribution < 1.29 is 8.78 Å². The molecular formula is C13H17F2N. The van der Waals surface area contributed by atoms with Gasteiger partial charge in [-0.3, -0.25) is 0 Å². The lowest BCUT2D eigenvalue weighted by Crippen LogP contribution is -2.54. The fourth-order valence-corrected chi connectivity index (χ4v) is 2.73. The number of benzene rings is 1. The average Bonchev–Trinajstić information content (AvgIpc) is 2.25. The molecule has 1 aromatic carbocycles. The van der Waals surface area contributed by atoms with Crippen LogP contribution in [0, 0.1) is 0 Å². The Balaban J connectivity index is 2.35. The summed E-state index contributed by atoms with van der Waals surface area (Å²) < 4.78 is 26.2. The lowest BCUT2D eigenvalue weighted by Gasteiger charge is -2.48. The molecular weight excluding hydrogens is 208 g/mol. The van der Waals surface area contributed by atoms with Gasteiger partial charge in [-0.15, -0.1) is 0 Å². The molecule has 1 aliphatic rings. The van der Waals surface area contributed by atoms with Gasteiger partial charge in [-0.25, -0.2) is 8.78 Å². The summed E-state index contributed by atoms with van der Waals surface area (Å²) in [6, 6.07) is 7.80. The van der Waals surface area contributed by atoms with Gasteiger partial charge in [0.1, 0.15) is 0 Å². The van der Waals surface area contributed by atoms with Crippen LogP contribution in [-0.4, -0.2) is 12.5 Å². The number of alkyl halides is 2. The predicted octanol–water partition coefficient (Wildman–Crippen LogP) is 2.87. The van der Waals surface area contributed by atoms with E-state index >= 15 is 0 Å². The van der Waals surface area contributed by atoms with Crippen molar-refractivity contribution in [1.82, 2.24) is 0 Å². The van der Waals surface area contributed by atoms with E-state index in [1.165, 1.54) is 0 Å². The molecule has 1 nitrogen and oxygen atoms in total. The van der Waals surface area contributed by atoms with Gasteiger partial charge in [0.2, 0.25) is 5.92 Å². The van der Waals surface area contributed by atoms with E-state index in [1.807, 2.05) is 31.2 Å². The average molecular weight is 225 g/mol. The lowest BCUT2D eigenvalue weighted by molar-refractivity contribution is -0.124. The van der Waals surface area contributed by atoms with E-state index in [0.717, 1.165) is 17.5 Å². The Hall–Kier alpha value is -0.960. The van der Waals surface area contributed by atoms with Crippen molar-refractivity contribution in [2.45, 2.75) is 37.5 Å². The molecule has 1 aromatic rings. The molecule has 1 saturated carbocycles. The topological polar surface area (TPSA) is 26.0 Å². The summed E-state index contributed by atoms with van der Waals surface area (Å²) in [7, 11) is 0. The van der Waals surface area contributed by atoms with E-state index in [4.69, 9.17) is 5.73 Å². The van der Waals surface area contributed by atoms with Gasteiger partial charge in [-0.1, -0.05) is 31.2 Å². The van der Waals surface area contributed by atoms with Crippen molar-refractivity contribution in [1.29, 1.82) is 0 Å². The van der Waals surface area contributed by atoms with Crippen LogP contribution in [0.2, 0.25) is 0 Å². The minimum absolute atomic E-state index is 0.104. The molecule has 0 saturated heterocycles. The first-order valence-electron chi connectivity index (χ1n) is 5.69. The summed E-state index contributed by atoms with van der Waals surface area (Å²) in [5.41, 5.74) is 7.38. The first-order valence-corrected chi connectivity index (χ1v) is 5.69. The van der Waals surface area contributed by atoms with E-state index in [9.17, 15) is 8.78 Å². The van der Waals surface area contributed by atoms with Crippen LogP contribution >= 0.6 is 0 Å². The molecule has 0 atom stereocenters. The Kier molecular flexibility index (Phi) is 2.74. The third-order valence-electron chi connectivity index (χ3n) is 3.55. The smallest absolute Gasteiger partial charge is 0.250 e. The third-order valence-corrected chi connectivity index (χ3v) is 3.55. The molecule has 0 radical (unpaired) electrons. The SMILES string of the molecule is CCc1ccccc1C1(CN)CC(F)(F)C1. The molecule has 0 spiro atoms. The summed E-state index contributed by atoms with van der Waals surface area (Å²) in [4.78, 5) is 0. The van der Waals surface area contributed by atoms with Crippen molar-refractivity contribution >= 4 is 0 Å². The lowest BCUT2D eigenvalue weighted by atomic mass is 9.61. The van der Waals surface area contributed by atoms with Gasteiger partial charge in [0.05, 0.1) is 0 Å². The Morgan fingerprint density at radius 2 is 1.88 bits per heavy atom. The standard InChI is InChI=1S/C13H17F2N/c1-2-10-5-3-4-6-11(10)12(9-16)7-13(14,15)8-12/h3-6H,2,7-9,16H2,1H3. The van der Waals surface area contributed by atoms with Gasteiger partial charge < -0.3 is 5.73 Å². The Bertz CT molecular complexity index is 379. The maximum absolute atomic E-state index is 13.1. The number of rotatable bonds is 3. The third kappa shape index (κ3) is 1.73. The largest absolute Gasteiger partial charge is 0.330 e. The van der Waals surface area contributed by atoms with Crippen LogP contribution in [0.5, 0.6) is 0 Å². The van der Waals surface area contributed by atoms with Gasteiger partial charge in [0, 0.05) is 24.8 Å². The minimum Gasteiger partial charge on any atom is -0.330 e. The second-order valence-electron chi connectivity index (χ2n) is 4.70. The molecule has 16 heavy (non-hydrogen) atoms. The van der Waals surface area contributed by atoms with E-state index < -0.39 is 11.3 Å². The number of hydrogen-bond acceptors (Lipinski definition) is 1. The van der Waals surface area contributed by atoms with Gasteiger partial charge >= 0.3 is 0 Å². The van der Waals surface area contributed by atoms with Crippen molar-refractivity contribution in [3.8, 4) is 0 Å². The summed E-state index contributed by atoms with van der Waals surface area (Å²) in [6.45, 7) is 2.35. The second-order valence-corrected chi connectivity index (χ2v) is 4.70. The maximum atomic E-state index is 13.1. The zero-order valence-electron chi connectivity index (χ0n) is 9.47. The van der Waals surface area contributed by atoms with Crippen molar-refractivity contribution in [3.05, 3.63) is 35.4 Å². The fraction of sp³-hybridized carbons (Fsp3) is 0.538. The summed E-state index contributed by atoms with van der Waals surface area (Å²) in [5.74, 6) is -2.53. The molecule has 3 heteroatoms. The van der Waals surface area contributed by atoms with E-state index in [2.05, 4.69) is 0 Å². The molecule has 88 valence electrons. The molecule has 2 N–H and O–H groups in total. The van der Waals surface area contributed by atoms with Gasteiger partial charge in [-0.05, 0) is 17.5 Å². The molecule has 0 aromatic heterocycles. The molecule has 1 aliphatic carbocycles. The van der Waals surface area contributed by atoms with Crippen molar-refractivity contribution in [3.63, 3.8) is 0 Å². The Morgan fingerprint density at radius 3 is 2.38 bits per heavy atom. The van der Waals surface area contributed by atoms with Crippen LogP contribution in [0.25, 0.3) is 0 Å². The molecule has 0 amide bonds. The minimum atomic E-state index is -2.53. The highest BCUT2D eigenvalue weighted by molar-refractivity contribution is 5.38. The van der Waals surface area contributed by atoms with E-state index in [0.29, 0.717) is 6.54 Å². The van der Waals surface area contributed by atoms with Gasteiger partial charge in [0.25, 0.3) is 0 Å². The quantitative estimate of drug-likeness (QED) is 0.841. The summed E-state index contributed by atoms with van der Waals surface area (Å²) in [5, 5.41) is 0. The summed E-state index contributed by atoms with van der Waals surface area (Å²) >= 11 is 0. The van der Waals surface area contributed by atoms with Crippen LogP contribution in [0.3, 0.4) is 0 Å². The van der Waals surface area contributed by atoms with Crippen LogP contribution in [-0.2, 0) is 11.8 Å². The van der Waals surface area contributed by atoms with Crippen LogP contribution in [0.1, 0.15) is 30.9 Å². The molecule has 2 rings (SSSR count). The number of aryl methyl sites for hydroxylation is 1. The highest BCUT2D eigenvalue weighted by atomic mass is 19.3. The predicted molar refractivity (Wildman–Crippen MR) is 60.7 cm³/mol. The van der Waals surface area contributed by atoms with Crippen LogP contribution in [0.15, 0.2) is 24.3 Å². The Morgan fingerprint density at radius 1 is 1.25 bits per heavy atom. The Labute approximate surface area is 94.7 Å².